The lowest BCUT2D eigenvalue weighted by Crippen LogP contribution is -2.11. The van der Waals surface area contributed by atoms with Crippen molar-refractivity contribution in [3.05, 3.63) is 30.8 Å². The summed E-state index contributed by atoms with van der Waals surface area (Å²) in [6.07, 6.45) is 0. The van der Waals surface area contributed by atoms with Crippen molar-refractivity contribution in [2.75, 3.05) is 14.2 Å². The maximum atomic E-state index is 11.6. The van der Waals surface area contributed by atoms with Gasteiger partial charge in [0.15, 0.2) is 0 Å². The second-order valence-electron chi connectivity index (χ2n) is 3.21. The third kappa shape index (κ3) is 2.79. The molecule has 1 rings (SSSR count). The molecule has 0 amide bonds. The molecule has 1 aromatic carbocycles. The molecule has 17 heavy (non-hydrogen) atoms. The first-order valence-corrected chi connectivity index (χ1v) is 6.46. The van der Waals surface area contributed by atoms with Gasteiger partial charge in [-0.15, -0.1) is 0 Å². The minimum Gasteiger partial charge on any atom is -0.465 e. The zero-order valence-electron chi connectivity index (χ0n) is 9.47. The molecule has 0 atom stereocenters. The molecule has 92 valence electrons. The van der Waals surface area contributed by atoms with Crippen molar-refractivity contribution in [2.45, 2.75) is 6.92 Å². The van der Waals surface area contributed by atoms with E-state index in [2.05, 4.69) is 48.0 Å². The third-order valence-corrected chi connectivity index (χ3v) is 5.18. The number of carbonyl (C=O) groups excluding carboxylic acids is 2. The first-order chi connectivity index (χ1) is 7.93. The van der Waals surface area contributed by atoms with Gasteiger partial charge in [-0.2, -0.15) is 0 Å². The first-order valence-electron chi connectivity index (χ1n) is 4.59. The van der Waals surface area contributed by atoms with Crippen molar-refractivity contribution in [3.8, 4) is 0 Å². The molecule has 0 spiro atoms. The Morgan fingerprint density at radius 3 is 2.12 bits per heavy atom. The number of esters is 2. The fourth-order valence-corrected chi connectivity index (χ4v) is 2.45. The normalized spacial score (nSPS) is 9.94. The molecular formula is C11H10BrIO4. The summed E-state index contributed by atoms with van der Waals surface area (Å²) in [5.74, 6) is -0.974. The molecular weight excluding hydrogens is 403 g/mol. The van der Waals surface area contributed by atoms with Crippen molar-refractivity contribution in [1.82, 2.24) is 0 Å². The van der Waals surface area contributed by atoms with Gasteiger partial charge in [-0.05, 0) is 57.1 Å². The number of hydrogen-bond acceptors (Lipinski definition) is 4. The van der Waals surface area contributed by atoms with Crippen LogP contribution in [0, 0.1) is 10.5 Å². The molecule has 0 bridgehead atoms. The molecule has 0 fully saturated rings. The summed E-state index contributed by atoms with van der Waals surface area (Å²) in [5.41, 5.74) is 1.43. The molecule has 1 aromatic rings. The van der Waals surface area contributed by atoms with Crippen molar-refractivity contribution < 1.29 is 19.1 Å². The average molecular weight is 413 g/mol. The number of benzene rings is 1. The van der Waals surface area contributed by atoms with E-state index in [4.69, 9.17) is 0 Å². The monoisotopic (exact) mass is 412 g/mol. The Labute approximate surface area is 121 Å². The van der Waals surface area contributed by atoms with E-state index in [1.807, 2.05) is 0 Å². The summed E-state index contributed by atoms with van der Waals surface area (Å²) in [6.45, 7) is 1.79. The highest BCUT2D eigenvalue weighted by Gasteiger charge is 2.21. The summed E-state index contributed by atoms with van der Waals surface area (Å²) < 4.78 is 10.7. The van der Waals surface area contributed by atoms with Crippen LogP contribution in [0.15, 0.2) is 10.5 Å². The molecule has 0 heterocycles. The molecule has 0 aromatic heterocycles. The van der Waals surface area contributed by atoms with E-state index in [-0.39, 0.29) is 0 Å². The van der Waals surface area contributed by atoms with E-state index in [0.717, 1.165) is 9.13 Å². The number of hydrogen-bond donors (Lipinski definition) is 0. The Morgan fingerprint density at radius 2 is 1.65 bits per heavy atom. The van der Waals surface area contributed by atoms with Gasteiger partial charge in [0.25, 0.3) is 0 Å². The maximum Gasteiger partial charge on any atom is 0.339 e. The molecule has 0 radical (unpaired) electrons. The largest absolute Gasteiger partial charge is 0.465 e. The Kier molecular flexibility index (Phi) is 4.93. The van der Waals surface area contributed by atoms with Crippen LogP contribution in [0.3, 0.4) is 0 Å². The van der Waals surface area contributed by atoms with Gasteiger partial charge >= 0.3 is 11.9 Å². The van der Waals surface area contributed by atoms with Gasteiger partial charge in [0.2, 0.25) is 0 Å². The molecule has 0 aliphatic heterocycles. The van der Waals surface area contributed by atoms with Gasteiger partial charge in [-0.1, -0.05) is 0 Å². The van der Waals surface area contributed by atoms with Gasteiger partial charge in [0.1, 0.15) is 0 Å². The Hall–Kier alpha value is -0.630. The quantitative estimate of drug-likeness (QED) is 0.553. The van der Waals surface area contributed by atoms with Crippen molar-refractivity contribution >= 4 is 50.5 Å². The van der Waals surface area contributed by atoms with Gasteiger partial charge in [-0.25, -0.2) is 9.59 Å². The molecule has 0 saturated carbocycles. The van der Waals surface area contributed by atoms with Crippen LogP contribution in [0.1, 0.15) is 26.3 Å². The molecule has 0 saturated heterocycles. The first kappa shape index (κ1) is 14.4. The summed E-state index contributed by atoms with van der Waals surface area (Å²) >= 11 is 5.37. The van der Waals surface area contributed by atoms with Crippen molar-refractivity contribution in [1.29, 1.82) is 0 Å². The van der Waals surface area contributed by atoms with E-state index in [0.29, 0.717) is 15.6 Å². The van der Waals surface area contributed by atoms with Gasteiger partial charge in [-0.3, -0.25) is 0 Å². The standard InChI is InChI=1S/C11H10BrIO4/c1-5-6(10(14)16-2)4-7(11(15)17-3)8(12)9(5)13/h4H,1-3H3. The minimum atomic E-state index is -0.500. The number of halogens is 2. The van der Waals surface area contributed by atoms with Gasteiger partial charge in [0.05, 0.1) is 25.3 Å². The highest BCUT2D eigenvalue weighted by molar-refractivity contribution is 14.1. The minimum absolute atomic E-state index is 0.308. The van der Waals surface area contributed by atoms with E-state index >= 15 is 0 Å². The second kappa shape index (κ2) is 5.81. The van der Waals surface area contributed by atoms with Crippen molar-refractivity contribution in [2.24, 2.45) is 0 Å². The topological polar surface area (TPSA) is 52.6 Å². The van der Waals surface area contributed by atoms with Crippen molar-refractivity contribution in [3.63, 3.8) is 0 Å². The zero-order valence-corrected chi connectivity index (χ0v) is 13.2. The highest BCUT2D eigenvalue weighted by atomic mass is 127. The lowest BCUT2D eigenvalue weighted by molar-refractivity contribution is 0.0598. The number of rotatable bonds is 2. The zero-order chi connectivity index (χ0) is 13.2. The van der Waals surface area contributed by atoms with Crippen LogP contribution in [0.4, 0.5) is 0 Å². The average Bonchev–Trinajstić information content (AvgIpc) is 2.34. The van der Waals surface area contributed by atoms with Crippen LogP contribution in [-0.2, 0) is 9.47 Å². The molecule has 0 aliphatic rings. The lowest BCUT2D eigenvalue weighted by Gasteiger charge is -2.11. The van der Waals surface area contributed by atoms with Crippen LogP contribution >= 0.6 is 38.5 Å². The SMILES string of the molecule is COC(=O)c1cc(C(=O)OC)c(Br)c(I)c1C. The van der Waals surface area contributed by atoms with Crippen LogP contribution in [0.25, 0.3) is 0 Å². The predicted octanol–water partition coefficient (Wildman–Crippen LogP) is 2.94. The van der Waals surface area contributed by atoms with E-state index in [1.165, 1.54) is 20.3 Å². The Morgan fingerprint density at radius 1 is 1.18 bits per heavy atom. The molecule has 4 nitrogen and oxygen atoms in total. The summed E-state index contributed by atoms with van der Waals surface area (Å²) in [6, 6.07) is 1.47. The smallest absolute Gasteiger partial charge is 0.339 e. The molecule has 0 aliphatic carbocycles. The van der Waals surface area contributed by atoms with Crippen LogP contribution in [0.2, 0.25) is 0 Å². The maximum absolute atomic E-state index is 11.6. The number of ether oxygens (including phenoxy) is 2. The molecule has 0 N–H and O–H groups in total. The van der Waals surface area contributed by atoms with Gasteiger partial charge in [0, 0.05) is 8.04 Å². The summed E-state index contributed by atoms with van der Waals surface area (Å²) in [7, 11) is 2.59. The Balaban J connectivity index is 3.49. The summed E-state index contributed by atoms with van der Waals surface area (Å²) in [5, 5.41) is 0. The van der Waals surface area contributed by atoms with E-state index in [9.17, 15) is 9.59 Å². The summed E-state index contributed by atoms with van der Waals surface area (Å²) in [4.78, 5) is 23.1. The van der Waals surface area contributed by atoms with Crippen LogP contribution in [-0.4, -0.2) is 26.2 Å². The van der Waals surface area contributed by atoms with E-state index in [1.54, 1.807) is 6.92 Å². The van der Waals surface area contributed by atoms with E-state index < -0.39 is 11.9 Å². The van der Waals surface area contributed by atoms with Crippen LogP contribution < -0.4 is 0 Å². The number of carbonyl (C=O) groups is 2. The highest BCUT2D eigenvalue weighted by Crippen LogP contribution is 2.30. The Bertz CT molecular complexity index is 445. The predicted molar refractivity (Wildman–Crippen MR) is 74.3 cm³/mol. The lowest BCUT2D eigenvalue weighted by atomic mass is 10.1. The second-order valence-corrected chi connectivity index (χ2v) is 5.08. The third-order valence-electron chi connectivity index (χ3n) is 2.26. The van der Waals surface area contributed by atoms with Gasteiger partial charge < -0.3 is 9.47 Å². The van der Waals surface area contributed by atoms with Crippen LogP contribution in [0.5, 0.6) is 0 Å². The number of methoxy groups -OCH3 is 2. The fraction of sp³-hybridized carbons (Fsp3) is 0.273. The molecule has 6 heteroatoms. The molecule has 0 unspecified atom stereocenters. The fourth-order valence-electron chi connectivity index (χ4n) is 1.30.